The summed E-state index contributed by atoms with van der Waals surface area (Å²) in [6.07, 6.45) is 18.4. The number of ether oxygens (including phenoxy) is 1. The Kier molecular flexibility index (Phi) is 9.55. The number of hydrogen-bond donors (Lipinski definition) is 0. The first-order valence-electron chi connectivity index (χ1n) is 12.3. The van der Waals surface area contributed by atoms with E-state index >= 15 is 0 Å². The summed E-state index contributed by atoms with van der Waals surface area (Å²) in [5.74, 6) is -1.06. The molecule has 0 bridgehead atoms. The molecule has 2 saturated carbocycles. The predicted octanol–water partition coefficient (Wildman–Crippen LogP) is 8.35. The van der Waals surface area contributed by atoms with Crippen molar-refractivity contribution in [1.82, 2.24) is 0 Å². The summed E-state index contributed by atoms with van der Waals surface area (Å²) in [7, 11) is 0. The zero-order chi connectivity index (χ0) is 21.3. The maximum Gasteiger partial charge on any atom is 0.194 e. The molecule has 0 atom stereocenters. The van der Waals surface area contributed by atoms with Crippen LogP contribution in [-0.2, 0) is 11.3 Å². The van der Waals surface area contributed by atoms with E-state index < -0.39 is 17.5 Å². The number of unbranched alkanes of at least 4 members (excludes halogenated alkanes) is 4. The summed E-state index contributed by atoms with van der Waals surface area (Å²) in [5.41, 5.74) is 0.101. The number of benzene rings is 1. The van der Waals surface area contributed by atoms with Gasteiger partial charge in [-0.05, 0) is 62.3 Å². The highest BCUT2D eigenvalue weighted by Gasteiger charge is 2.31. The number of halogens is 3. The fourth-order valence-electron chi connectivity index (χ4n) is 5.60. The minimum absolute atomic E-state index is 0.0156. The zero-order valence-corrected chi connectivity index (χ0v) is 18.6. The highest BCUT2D eigenvalue weighted by Crippen LogP contribution is 2.41. The monoisotopic (exact) mass is 424 g/mol. The Hall–Kier alpha value is -1.03. The molecule has 2 aliphatic rings. The molecular weight excluding hydrogens is 385 g/mol. The SMILES string of the molecule is CCCCCCCC1CCC(C2CCC(OCc3ccc(F)c(F)c3F)CC2)CC1. The van der Waals surface area contributed by atoms with E-state index in [9.17, 15) is 13.2 Å². The lowest BCUT2D eigenvalue weighted by molar-refractivity contribution is -0.00409. The Morgan fingerprint density at radius 3 is 2.07 bits per heavy atom. The third kappa shape index (κ3) is 6.73. The lowest BCUT2D eigenvalue weighted by Crippen LogP contribution is -2.28. The summed E-state index contributed by atoms with van der Waals surface area (Å²) >= 11 is 0. The largest absolute Gasteiger partial charge is 0.373 e. The quantitative estimate of drug-likeness (QED) is 0.271. The Morgan fingerprint density at radius 1 is 0.767 bits per heavy atom. The van der Waals surface area contributed by atoms with Crippen molar-refractivity contribution in [2.75, 3.05) is 0 Å². The molecule has 170 valence electrons. The molecule has 2 aliphatic carbocycles. The highest BCUT2D eigenvalue weighted by atomic mass is 19.2. The van der Waals surface area contributed by atoms with Crippen LogP contribution < -0.4 is 0 Å². The van der Waals surface area contributed by atoms with E-state index in [2.05, 4.69) is 6.92 Å². The van der Waals surface area contributed by atoms with Gasteiger partial charge in [0.15, 0.2) is 17.5 Å². The van der Waals surface area contributed by atoms with Gasteiger partial charge < -0.3 is 4.74 Å². The van der Waals surface area contributed by atoms with E-state index in [0.29, 0.717) is 0 Å². The van der Waals surface area contributed by atoms with Gasteiger partial charge in [-0.1, -0.05) is 64.4 Å². The van der Waals surface area contributed by atoms with Crippen molar-refractivity contribution >= 4 is 0 Å². The van der Waals surface area contributed by atoms with Crippen LogP contribution in [0.25, 0.3) is 0 Å². The lowest BCUT2D eigenvalue weighted by atomic mass is 9.70. The second-order valence-corrected chi connectivity index (χ2v) is 9.67. The van der Waals surface area contributed by atoms with Gasteiger partial charge in [0.2, 0.25) is 0 Å². The smallest absolute Gasteiger partial charge is 0.194 e. The van der Waals surface area contributed by atoms with Crippen LogP contribution >= 0.6 is 0 Å². The van der Waals surface area contributed by atoms with Gasteiger partial charge in [0, 0.05) is 5.56 Å². The molecule has 4 heteroatoms. The topological polar surface area (TPSA) is 9.23 Å². The summed E-state index contributed by atoms with van der Waals surface area (Å²) < 4.78 is 46.0. The highest BCUT2D eigenvalue weighted by molar-refractivity contribution is 5.19. The van der Waals surface area contributed by atoms with Crippen LogP contribution in [0.5, 0.6) is 0 Å². The second-order valence-electron chi connectivity index (χ2n) is 9.67. The fourth-order valence-corrected chi connectivity index (χ4v) is 5.60. The van der Waals surface area contributed by atoms with E-state index in [4.69, 9.17) is 4.74 Å². The van der Waals surface area contributed by atoms with Gasteiger partial charge in [-0.2, -0.15) is 0 Å². The molecule has 0 unspecified atom stereocenters. The van der Waals surface area contributed by atoms with Crippen molar-refractivity contribution in [2.45, 2.75) is 110 Å². The molecule has 0 spiro atoms. The molecule has 0 saturated heterocycles. The first-order valence-corrected chi connectivity index (χ1v) is 12.3. The predicted molar refractivity (Wildman–Crippen MR) is 116 cm³/mol. The summed E-state index contributed by atoms with van der Waals surface area (Å²) in [6.45, 7) is 2.29. The molecule has 1 nitrogen and oxygen atoms in total. The third-order valence-corrected chi connectivity index (χ3v) is 7.58. The van der Waals surface area contributed by atoms with Crippen LogP contribution in [0, 0.1) is 35.2 Å². The van der Waals surface area contributed by atoms with E-state index in [1.54, 1.807) is 0 Å². The molecule has 1 aromatic carbocycles. The van der Waals surface area contributed by atoms with Crippen molar-refractivity contribution in [3.63, 3.8) is 0 Å². The Labute approximate surface area is 180 Å². The summed E-state index contributed by atoms with van der Waals surface area (Å²) in [4.78, 5) is 0. The molecule has 30 heavy (non-hydrogen) atoms. The minimum Gasteiger partial charge on any atom is -0.373 e. The van der Waals surface area contributed by atoms with E-state index in [-0.39, 0.29) is 18.3 Å². The molecule has 2 fully saturated rings. The van der Waals surface area contributed by atoms with Gasteiger partial charge in [-0.3, -0.25) is 0 Å². The van der Waals surface area contributed by atoms with Gasteiger partial charge in [0.25, 0.3) is 0 Å². The van der Waals surface area contributed by atoms with Gasteiger partial charge in [0.1, 0.15) is 0 Å². The van der Waals surface area contributed by atoms with Crippen LogP contribution in [0.15, 0.2) is 12.1 Å². The Bertz CT molecular complexity index is 631. The fraction of sp³-hybridized carbons (Fsp3) is 0.769. The van der Waals surface area contributed by atoms with Gasteiger partial charge in [-0.25, -0.2) is 13.2 Å². The van der Waals surface area contributed by atoms with Gasteiger partial charge in [-0.15, -0.1) is 0 Å². The molecule has 0 amide bonds. The normalized spacial score (nSPS) is 27.3. The zero-order valence-electron chi connectivity index (χ0n) is 18.6. The minimum atomic E-state index is -1.41. The first kappa shape index (κ1) is 23.6. The Balaban J connectivity index is 1.32. The van der Waals surface area contributed by atoms with Crippen molar-refractivity contribution in [3.8, 4) is 0 Å². The van der Waals surface area contributed by atoms with Gasteiger partial charge >= 0.3 is 0 Å². The average Bonchev–Trinajstić information content (AvgIpc) is 2.78. The van der Waals surface area contributed by atoms with Crippen LogP contribution in [-0.4, -0.2) is 6.10 Å². The summed E-state index contributed by atoms with van der Waals surface area (Å²) in [6, 6.07) is 2.25. The molecule has 0 aliphatic heterocycles. The van der Waals surface area contributed by atoms with Gasteiger partial charge in [0.05, 0.1) is 12.7 Å². The van der Waals surface area contributed by atoms with E-state index in [0.717, 1.165) is 36.7 Å². The molecule has 0 radical (unpaired) electrons. The van der Waals surface area contributed by atoms with Crippen LogP contribution in [0.4, 0.5) is 13.2 Å². The van der Waals surface area contributed by atoms with E-state index in [1.807, 2.05) is 0 Å². The van der Waals surface area contributed by atoms with Crippen LogP contribution in [0.2, 0.25) is 0 Å². The molecular formula is C26H39F3O. The second kappa shape index (κ2) is 12.1. The van der Waals surface area contributed by atoms with Crippen molar-refractivity contribution in [2.24, 2.45) is 17.8 Å². The molecule has 1 aromatic rings. The average molecular weight is 425 g/mol. The lowest BCUT2D eigenvalue weighted by Gasteiger charge is -2.38. The van der Waals surface area contributed by atoms with E-state index in [1.165, 1.54) is 83.1 Å². The van der Waals surface area contributed by atoms with Crippen molar-refractivity contribution < 1.29 is 17.9 Å². The van der Waals surface area contributed by atoms with Crippen LogP contribution in [0.3, 0.4) is 0 Å². The number of rotatable bonds is 10. The first-order chi connectivity index (χ1) is 14.6. The Morgan fingerprint density at radius 2 is 1.40 bits per heavy atom. The molecule has 0 aromatic heterocycles. The van der Waals surface area contributed by atoms with Crippen molar-refractivity contribution in [3.05, 3.63) is 35.1 Å². The van der Waals surface area contributed by atoms with Crippen molar-refractivity contribution in [1.29, 1.82) is 0 Å². The third-order valence-electron chi connectivity index (χ3n) is 7.58. The molecule has 0 heterocycles. The maximum absolute atomic E-state index is 13.8. The molecule has 3 rings (SSSR count). The number of hydrogen-bond acceptors (Lipinski definition) is 1. The standard InChI is InChI=1S/C26H39F3O/c1-2-3-4-5-6-7-19-8-10-20(11-9-19)21-12-15-23(16-13-21)30-18-22-14-17-24(27)26(29)25(22)28/h14,17,19-21,23H,2-13,15-16,18H2,1H3. The van der Waals surface area contributed by atoms with Crippen LogP contribution in [0.1, 0.15) is 102 Å². The molecule has 0 N–H and O–H groups in total. The summed E-state index contributed by atoms with van der Waals surface area (Å²) in [5, 5.41) is 0. The maximum atomic E-state index is 13.8.